The number of ketones is 1. The van der Waals surface area contributed by atoms with Gasteiger partial charge in [-0.25, -0.2) is 4.39 Å². The summed E-state index contributed by atoms with van der Waals surface area (Å²) in [5.74, 6) is -1.63. The third kappa shape index (κ3) is 4.88. The highest BCUT2D eigenvalue weighted by Crippen LogP contribution is 2.44. The second kappa shape index (κ2) is 10.6. The van der Waals surface area contributed by atoms with Gasteiger partial charge in [0.25, 0.3) is 11.7 Å². The maximum absolute atomic E-state index is 15.0. The Morgan fingerprint density at radius 3 is 2.38 bits per heavy atom. The van der Waals surface area contributed by atoms with Gasteiger partial charge in [-0.2, -0.15) is 0 Å². The van der Waals surface area contributed by atoms with Crippen LogP contribution < -0.4 is 4.74 Å². The van der Waals surface area contributed by atoms with Crippen molar-refractivity contribution in [1.29, 1.82) is 0 Å². The fraction of sp³-hybridized carbons (Fsp3) is 0.290. The van der Waals surface area contributed by atoms with Crippen LogP contribution >= 0.6 is 0 Å². The number of amides is 1. The Hall–Kier alpha value is -3.93. The van der Waals surface area contributed by atoms with Crippen LogP contribution in [0.1, 0.15) is 60.4 Å². The highest BCUT2D eigenvalue weighted by atomic mass is 19.1. The first-order valence-corrected chi connectivity index (χ1v) is 12.8. The molecular formula is C31H30FNO4. The van der Waals surface area contributed by atoms with Crippen LogP contribution in [0.3, 0.4) is 0 Å². The smallest absolute Gasteiger partial charge is 0.295 e. The second-order valence-corrected chi connectivity index (χ2v) is 9.77. The average Bonchev–Trinajstić information content (AvgIpc) is 3.18. The Morgan fingerprint density at radius 1 is 0.973 bits per heavy atom. The molecule has 5 nitrogen and oxygen atoms in total. The number of aliphatic hydroxyl groups excluding tert-OH is 1. The number of aryl methyl sites for hydroxylation is 1. The average molecular weight is 500 g/mol. The summed E-state index contributed by atoms with van der Waals surface area (Å²) in [6.45, 7) is 2.25. The first kappa shape index (κ1) is 24.8. The Kier molecular flexibility index (Phi) is 7.08. The number of carbonyl (C=O) groups excluding carboxylic acids is 2. The summed E-state index contributed by atoms with van der Waals surface area (Å²) < 4.78 is 21.0. The summed E-state index contributed by atoms with van der Waals surface area (Å²) in [6.07, 6.45) is 4.47. The van der Waals surface area contributed by atoms with Crippen molar-refractivity contribution >= 4 is 17.4 Å². The zero-order chi connectivity index (χ0) is 25.9. The van der Waals surface area contributed by atoms with Crippen LogP contribution in [-0.2, 0) is 16.2 Å². The topological polar surface area (TPSA) is 66.8 Å². The zero-order valence-electron chi connectivity index (χ0n) is 20.8. The number of hydrogen-bond acceptors (Lipinski definition) is 4. The highest BCUT2D eigenvalue weighted by molar-refractivity contribution is 6.46. The summed E-state index contributed by atoms with van der Waals surface area (Å²) in [7, 11) is 0. The van der Waals surface area contributed by atoms with Crippen LogP contribution in [0.25, 0.3) is 5.76 Å². The van der Waals surface area contributed by atoms with E-state index in [1.807, 2.05) is 37.3 Å². The fourth-order valence-corrected chi connectivity index (χ4v) is 5.44. The number of Topliss-reactive ketones (excluding diaryl/α,β-unsaturated/α-hetero) is 1. The molecule has 190 valence electrons. The lowest BCUT2D eigenvalue weighted by Crippen LogP contribution is -2.40. The molecule has 1 saturated heterocycles. The van der Waals surface area contributed by atoms with E-state index >= 15 is 4.39 Å². The number of carbonyl (C=O) groups is 2. The molecule has 1 aliphatic heterocycles. The molecule has 5 rings (SSSR count). The number of halogens is 1. The van der Waals surface area contributed by atoms with Crippen molar-refractivity contribution in [3.63, 3.8) is 0 Å². The molecule has 3 aromatic carbocycles. The summed E-state index contributed by atoms with van der Waals surface area (Å²) in [6, 6.07) is 19.9. The summed E-state index contributed by atoms with van der Waals surface area (Å²) in [4.78, 5) is 28.1. The Bertz CT molecular complexity index is 1340. The summed E-state index contributed by atoms with van der Waals surface area (Å²) in [5, 5.41) is 11.4. The minimum absolute atomic E-state index is 0.0713. The second-order valence-electron chi connectivity index (χ2n) is 9.77. The summed E-state index contributed by atoms with van der Waals surface area (Å²) in [5.41, 5.74) is 2.32. The van der Waals surface area contributed by atoms with Gasteiger partial charge in [0.2, 0.25) is 0 Å². The van der Waals surface area contributed by atoms with Crippen LogP contribution in [-0.4, -0.2) is 27.7 Å². The minimum atomic E-state index is -0.974. The SMILES string of the molecule is Cc1cc(/C(O)=C2\C(=O)C(=O)N(C3CCCCC3)C2c2ccccc2F)ccc1OCc1ccccc1. The van der Waals surface area contributed by atoms with E-state index in [1.54, 1.807) is 36.4 Å². The first-order valence-electron chi connectivity index (χ1n) is 12.8. The summed E-state index contributed by atoms with van der Waals surface area (Å²) >= 11 is 0. The van der Waals surface area contributed by atoms with Gasteiger partial charge in [-0.15, -0.1) is 0 Å². The van der Waals surface area contributed by atoms with Crippen molar-refractivity contribution < 1.29 is 23.8 Å². The zero-order valence-corrected chi connectivity index (χ0v) is 20.8. The van der Waals surface area contributed by atoms with Gasteiger partial charge in [0, 0.05) is 17.2 Å². The van der Waals surface area contributed by atoms with Crippen LogP contribution in [0.5, 0.6) is 5.75 Å². The van der Waals surface area contributed by atoms with Crippen molar-refractivity contribution in [2.24, 2.45) is 0 Å². The monoisotopic (exact) mass is 499 g/mol. The van der Waals surface area contributed by atoms with E-state index in [0.29, 0.717) is 17.9 Å². The first-order chi connectivity index (χ1) is 18.0. The van der Waals surface area contributed by atoms with Gasteiger partial charge in [0.15, 0.2) is 0 Å². The van der Waals surface area contributed by atoms with Crippen molar-refractivity contribution in [2.75, 3.05) is 0 Å². The van der Waals surface area contributed by atoms with E-state index in [0.717, 1.165) is 43.2 Å². The quantitative estimate of drug-likeness (QED) is 0.240. The van der Waals surface area contributed by atoms with Crippen molar-refractivity contribution in [2.45, 2.75) is 57.7 Å². The van der Waals surface area contributed by atoms with Crippen LogP contribution in [0.15, 0.2) is 78.4 Å². The molecule has 37 heavy (non-hydrogen) atoms. The predicted octanol–water partition coefficient (Wildman–Crippen LogP) is 6.47. The number of nitrogens with zero attached hydrogens (tertiary/aromatic N) is 1. The Morgan fingerprint density at radius 2 is 1.68 bits per heavy atom. The molecule has 0 aromatic heterocycles. The Balaban J connectivity index is 1.52. The van der Waals surface area contributed by atoms with Crippen LogP contribution in [0.4, 0.5) is 4.39 Å². The molecule has 1 aliphatic carbocycles. The fourth-order valence-electron chi connectivity index (χ4n) is 5.44. The molecule has 1 unspecified atom stereocenters. The predicted molar refractivity (Wildman–Crippen MR) is 139 cm³/mol. The molecule has 6 heteroatoms. The van der Waals surface area contributed by atoms with E-state index < -0.39 is 23.5 Å². The van der Waals surface area contributed by atoms with E-state index in [9.17, 15) is 14.7 Å². The molecule has 1 N–H and O–H groups in total. The maximum atomic E-state index is 15.0. The van der Waals surface area contributed by atoms with Gasteiger partial charge >= 0.3 is 0 Å². The molecule has 1 amide bonds. The Labute approximate surface area is 216 Å². The van der Waals surface area contributed by atoms with Crippen molar-refractivity contribution in [3.05, 3.63) is 106 Å². The van der Waals surface area contributed by atoms with Gasteiger partial charge in [-0.3, -0.25) is 9.59 Å². The van der Waals surface area contributed by atoms with Crippen LogP contribution in [0, 0.1) is 12.7 Å². The highest BCUT2D eigenvalue weighted by Gasteiger charge is 2.49. The van der Waals surface area contributed by atoms with Gasteiger partial charge in [-0.05, 0) is 55.2 Å². The number of benzene rings is 3. The van der Waals surface area contributed by atoms with E-state index in [4.69, 9.17) is 4.74 Å². The third-order valence-electron chi connectivity index (χ3n) is 7.33. The van der Waals surface area contributed by atoms with E-state index in [2.05, 4.69) is 0 Å². The number of likely N-dealkylation sites (tertiary alicyclic amines) is 1. The lowest BCUT2D eigenvalue weighted by molar-refractivity contribution is -0.141. The standard InChI is InChI=1S/C31H30FNO4/c1-20-18-22(16-17-26(20)37-19-21-10-4-2-5-11-21)29(34)27-28(24-14-8-9-15-25(24)32)33(31(36)30(27)35)23-12-6-3-7-13-23/h2,4-5,8-11,14-18,23,28,34H,3,6-7,12-13,19H2,1H3/b29-27+. The number of aliphatic hydroxyl groups is 1. The maximum Gasteiger partial charge on any atom is 0.295 e. The number of ether oxygens (including phenoxy) is 1. The van der Waals surface area contributed by atoms with Gasteiger partial charge in [0.1, 0.15) is 23.9 Å². The number of hydrogen-bond donors (Lipinski definition) is 1. The number of rotatable bonds is 6. The third-order valence-corrected chi connectivity index (χ3v) is 7.33. The molecule has 2 fully saturated rings. The molecule has 3 aromatic rings. The molecule has 1 atom stereocenters. The lowest BCUT2D eigenvalue weighted by atomic mass is 9.90. The molecule has 0 spiro atoms. The van der Waals surface area contributed by atoms with Gasteiger partial charge in [-0.1, -0.05) is 67.8 Å². The molecule has 0 radical (unpaired) electrons. The molecule has 1 heterocycles. The van der Waals surface area contributed by atoms with Crippen LogP contribution in [0.2, 0.25) is 0 Å². The van der Waals surface area contributed by atoms with Gasteiger partial charge in [0.05, 0.1) is 11.6 Å². The van der Waals surface area contributed by atoms with E-state index in [1.165, 1.54) is 11.0 Å². The minimum Gasteiger partial charge on any atom is -0.507 e. The van der Waals surface area contributed by atoms with Gasteiger partial charge < -0.3 is 14.7 Å². The lowest BCUT2D eigenvalue weighted by Gasteiger charge is -2.35. The van der Waals surface area contributed by atoms with E-state index in [-0.39, 0.29) is 22.9 Å². The molecule has 1 saturated carbocycles. The van der Waals surface area contributed by atoms with Crippen molar-refractivity contribution in [3.8, 4) is 5.75 Å². The molecule has 0 bridgehead atoms. The normalized spacial score (nSPS) is 19.8. The molecular weight excluding hydrogens is 469 g/mol. The van der Waals surface area contributed by atoms with Crippen molar-refractivity contribution in [1.82, 2.24) is 4.90 Å². The largest absolute Gasteiger partial charge is 0.507 e. The molecule has 2 aliphatic rings.